The molecular weight excluding hydrogens is 212 g/mol. The highest BCUT2D eigenvalue weighted by atomic mass is 32.2. The summed E-state index contributed by atoms with van der Waals surface area (Å²) in [5.41, 5.74) is 0. The second-order valence-corrected chi connectivity index (χ2v) is 5.04. The number of allylic oxidation sites excluding steroid dienone is 1. The van der Waals surface area contributed by atoms with Crippen molar-refractivity contribution in [3.8, 4) is 0 Å². The third kappa shape index (κ3) is 5.72. The van der Waals surface area contributed by atoms with E-state index in [1.165, 1.54) is 30.6 Å². The first-order valence-electron chi connectivity index (χ1n) is 5.30. The van der Waals surface area contributed by atoms with Gasteiger partial charge in [-0.2, -0.15) is 11.8 Å². The van der Waals surface area contributed by atoms with Gasteiger partial charge in [0, 0.05) is 0 Å². The topological polar surface area (TPSA) is 35.5 Å². The van der Waals surface area contributed by atoms with E-state index in [9.17, 15) is 4.79 Å². The molecule has 86 valence electrons. The molecule has 1 aliphatic heterocycles. The monoisotopic (exact) mass is 230 g/mol. The van der Waals surface area contributed by atoms with Gasteiger partial charge in [-0.3, -0.25) is 0 Å². The van der Waals surface area contributed by atoms with E-state index >= 15 is 0 Å². The largest absolute Gasteiger partial charge is 0.513 e. The quantitative estimate of drug-likeness (QED) is 0.551. The molecule has 0 aliphatic carbocycles. The average molecular weight is 230 g/mol. The Morgan fingerprint density at radius 1 is 1.40 bits per heavy atom. The molecular formula is C11H18O3S. The minimum Gasteiger partial charge on any atom is -0.431 e. The number of thioether (sulfide) groups is 1. The summed E-state index contributed by atoms with van der Waals surface area (Å²) >= 11 is 1.98. The Morgan fingerprint density at radius 2 is 2.07 bits per heavy atom. The summed E-state index contributed by atoms with van der Waals surface area (Å²) in [5, 5.41) is 0. The Bertz CT molecular complexity index is 220. The maximum atomic E-state index is 11.0. The molecule has 4 heteroatoms. The van der Waals surface area contributed by atoms with E-state index < -0.39 is 6.16 Å². The van der Waals surface area contributed by atoms with Crippen molar-refractivity contribution in [3.05, 3.63) is 12.3 Å². The van der Waals surface area contributed by atoms with Crippen molar-refractivity contribution in [2.75, 3.05) is 11.5 Å². The molecule has 0 saturated carbocycles. The minimum absolute atomic E-state index is 0.128. The minimum atomic E-state index is -0.619. The fourth-order valence-electron chi connectivity index (χ4n) is 1.33. The SMILES string of the molecule is CC(C)OC(=O)OC=CC1CCSCC1. The molecule has 15 heavy (non-hydrogen) atoms. The average Bonchev–Trinajstić information content (AvgIpc) is 2.18. The molecule has 0 unspecified atom stereocenters. The second-order valence-electron chi connectivity index (χ2n) is 3.81. The lowest BCUT2D eigenvalue weighted by Crippen LogP contribution is -2.11. The van der Waals surface area contributed by atoms with Crippen molar-refractivity contribution in [1.82, 2.24) is 0 Å². The fourth-order valence-corrected chi connectivity index (χ4v) is 2.48. The maximum Gasteiger partial charge on any atom is 0.513 e. The van der Waals surface area contributed by atoms with Gasteiger partial charge in [0.15, 0.2) is 0 Å². The Hall–Kier alpha value is -0.640. The van der Waals surface area contributed by atoms with Gasteiger partial charge in [0.25, 0.3) is 0 Å². The van der Waals surface area contributed by atoms with Gasteiger partial charge in [0.2, 0.25) is 0 Å². The zero-order chi connectivity index (χ0) is 11.1. The van der Waals surface area contributed by atoms with Crippen LogP contribution >= 0.6 is 11.8 Å². The number of ether oxygens (including phenoxy) is 2. The van der Waals surface area contributed by atoms with Gasteiger partial charge in [0.05, 0.1) is 12.4 Å². The van der Waals surface area contributed by atoms with Crippen LogP contribution in [0.15, 0.2) is 12.3 Å². The molecule has 1 fully saturated rings. The lowest BCUT2D eigenvalue weighted by Gasteiger charge is -2.17. The molecule has 1 heterocycles. The normalized spacial score (nSPS) is 18.3. The highest BCUT2D eigenvalue weighted by Crippen LogP contribution is 2.23. The van der Waals surface area contributed by atoms with Gasteiger partial charge in [0.1, 0.15) is 0 Å². The van der Waals surface area contributed by atoms with E-state index in [1.807, 2.05) is 17.8 Å². The predicted molar refractivity (Wildman–Crippen MR) is 61.9 cm³/mol. The highest BCUT2D eigenvalue weighted by Gasteiger charge is 2.10. The zero-order valence-corrected chi connectivity index (χ0v) is 10.1. The Balaban J connectivity index is 2.17. The van der Waals surface area contributed by atoms with Crippen LogP contribution in [-0.4, -0.2) is 23.8 Å². The summed E-state index contributed by atoms with van der Waals surface area (Å²) in [6.07, 6.45) is 5.02. The van der Waals surface area contributed by atoms with Crippen molar-refractivity contribution in [1.29, 1.82) is 0 Å². The molecule has 0 amide bonds. The van der Waals surface area contributed by atoms with Crippen molar-refractivity contribution >= 4 is 17.9 Å². The molecule has 0 spiro atoms. The third-order valence-electron chi connectivity index (χ3n) is 2.11. The summed E-state index contributed by atoms with van der Waals surface area (Å²) < 4.78 is 9.63. The first-order chi connectivity index (χ1) is 7.18. The lowest BCUT2D eigenvalue weighted by molar-refractivity contribution is 0.0598. The van der Waals surface area contributed by atoms with E-state index in [1.54, 1.807) is 13.8 Å². The van der Waals surface area contributed by atoms with Crippen LogP contribution in [-0.2, 0) is 9.47 Å². The van der Waals surface area contributed by atoms with Crippen LogP contribution in [0.2, 0.25) is 0 Å². The predicted octanol–water partition coefficient (Wildman–Crippen LogP) is 3.20. The molecule has 0 radical (unpaired) electrons. The number of carbonyl (C=O) groups excluding carboxylic acids is 1. The smallest absolute Gasteiger partial charge is 0.431 e. The molecule has 0 bridgehead atoms. The summed E-state index contributed by atoms with van der Waals surface area (Å²) in [4.78, 5) is 11.0. The van der Waals surface area contributed by atoms with E-state index in [0.29, 0.717) is 5.92 Å². The van der Waals surface area contributed by atoms with Gasteiger partial charge in [-0.1, -0.05) is 0 Å². The molecule has 1 saturated heterocycles. The number of hydrogen-bond acceptors (Lipinski definition) is 4. The van der Waals surface area contributed by atoms with E-state index in [-0.39, 0.29) is 6.10 Å². The highest BCUT2D eigenvalue weighted by molar-refractivity contribution is 7.99. The van der Waals surface area contributed by atoms with Crippen molar-refractivity contribution in [2.45, 2.75) is 32.8 Å². The van der Waals surface area contributed by atoms with Crippen LogP contribution in [0.25, 0.3) is 0 Å². The van der Waals surface area contributed by atoms with Crippen LogP contribution in [0.5, 0.6) is 0 Å². The first kappa shape index (κ1) is 12.4. The molecule has 1 rings (SSSR count). The second kappa shape index (κ2) is 6.77. The van der Waals surface area contributed by atoms with Crippen LogP contribution in [0.4, 0.5) is 4.79 Å². The summed E-state index contributed by atoms with van der Waals surface area (Å²) in [6.45, 7) is 3.59. The molecule has 3 nitrogen and oxygen atoms in total. The molecule has 0 N–H and O–H groups in total. The summed E-state index contributed by atoms with van der Waals surface area (Å²) in [5.74, 6) is 2.95. The molecule has 0 aromatic carbocycles. The molecule has 0 aromatic heterocycles. The molecule has 0 atom stereocenters. The number of rotatable bonds is 3. The summed E-state index contributed by atoms with van der Waals surface area (Å²) in [7, 11) is 0. The van der Waals surface area contributed by atoms with Gasteiger partial charge < -0.3 is 9.47 Å². The zero-order valence-electron chi connectivity index (χ0n) is 9.27. The fraction of sp³-hybridized carbons (Fsp3) is 0.727. The van der Waals surface area contributed by atoms with Crippen LogP contribution in [0, 0.1) is 5.92 Å². The van der Waals surface area contributed by atoms with Gasteiger partial charge in [-0.05, 0) is 50.2 Å². The Labute approximate surface area is 95.2 Å². The number of hydrogen-bond donors (Lipinski definition) is 0. The Kier molecular flexibility index (Phi) is 5.61. The van der Waals surface area contributed by atoms with Gasteiger partial charge in [-0.25, -0.2) is 4.79 Å². The molecule has 0 aromatic rings. The number of carbonyl (C=O) groups is 1. The lowest BCUT2D eigenvalue weighted by atomic mass is 10.0. The third-order valence-corrected chi connectivity index (χ3v) is 3.16. The van der Waals surface area contributed by atoms with Crippen molar-refractivity contribution < 1.29 is 14.3 Å². The van der Waals surface area contributed by atoms with Crippen molar-refractivity contribution in [3.63, 3.8) is 0 Å². The summed E-state index contributed by atoms with van der Waals surface area (Å²) in [6, 6.07) is 0. The Morgan fingerprint density at radius 3 is 2.67 bits per heavy atom. The van der Waals surface area contributed by atoms with E-state index in [0.717, 1.165) is 0 Å². The van der Waals surface area contributed by atoms with Crippen LogP contribution in [0.3, 0.4) is 0 Å². The molecule has 1 aliphatic rings. The maximum absolute atomic E-state index is 11.0. The first-order valence-corrected chi connectivity index (χ1v) is 6.45. The van der Waals surface area contributed by atoms with Gasteiger partial charge >= 0.3 is 6.16 Å². The van der Waals surface area contributed by atoms with E-state index in [4.69, 9.17) is 9.47 Å². The van der Waals surface area contributed by atoms with E-state index in [2.05, 4.69) is 0 Å². The van der Waals surface area contributed by atoms with Crippen LogP contribution < -0.4 is 0 Å². The standard InChI is InChI=1S/C11H18O3S/c1-9(2)14-11(12)13-6-3-10-4-7-15-8-5-10/h3,6,9-10H,4-5,7-8H2,1-2H3. The van der Waals surface area contributed by atoms with Crippen LogP contribution in [0.1, 0.15) is 26.7 Å². The van der Waals surface area contributed by atoms with Crippen molar-refractivity contribution in [2.24, 2.45) is 5.92 Å². The van der Waals surface area contributed by atoms with Gasteiger partial charge in [-0.15, -0.1) is 0 Å².